The number of benzene rings is 2. The van der Waals surface area contributed by atoms with Crippen LogP contribution < -0.4 is 0 Å². The van der Waals surface area contributed by atoms with Crippen LogP contribution in [0.25, 0.3) is 22.0 Å². The normalized spacial score (nSPS) is 11.0. The molecule has 0 N–H and O–H groups in total. The molecule has 0 aliphatic carbocycles. The molecular weight excluding hydrogens is 278 g/mol. The molecule has 1 aromatic heterocycles. The first-order valence-corrected chi connectivity index (χ1v) is 7.79. The van der Waals surface area contributed by atoms with Crippen molar-refractivity contribution in [2.45, 2.75) is 26.2 Å². The van der Waals surface area contributed by atoms with E-state index in [4.69, 9.17) is 11.6 Å². The Balaban J connectivity index is 2.19. The van der Waals surface area contributed by atoms with E-state index in [9.17, 15) is 0 Å². The second-order valence-electron chi connectivity index (χ2n) is 5.33. The Morgan fingerprint density at radius 3 is 2.76 bits per heavy atom. The summed E-state index contributed by atoms with van der Waals surface area (Å²) < 4.78 is 0. The molecule has 1 nitrogen and oxygen atoms in total. The van der Waals surface area contributed by atoms with E-state index in [0.29, 0.717) is 0 Å². The van der Waals surface area contributed by atoms with Gasteiger partial charge in [-0.3, -0.25) is 4.98 Å². The second-order valence-corrected chi connectivity index (χ2v) is 5.77. The number of rotatable bonds is 4. The molecule has 0 saturated carbocycles. The summed E-state index contributed by atoms with van der Waals surface area (Å²) in [4.78, 5) is 4.57. The van der Waals surface area contributed by atoms with Crippen LogP contribution in [0.15, 0.2) is 54.7 Å². The zero-order chi connectivity index (χ0) is 14.7. The number of aromatic nitrogens is 1. The predicted molar refractivity (Wildman–Crippen MR) is 90.8 cm³/mol. The maximum atomic E-state index is 6.15. The average molecular weight is 296 g/mol. The van der Waals surface area contributed by atoms with Gasteiger partial charge in [0.2, 0.25) is 0 Å². The molecule has 0 aliphatic heterocycles. The van der Waals surface area contributed by atoms with E-state index in [0.717, 1.165) is 22.5 Å². The molecule has 2 heteroatoms. The van der Waals surface area contributed by atoms with Gasteiger partial charge in [-0.2, -0.15) is 0 Å². The number of hydrogen-bond donors (Lipinski definition) is 0. The molecule has 2 aromatic carbocycles. The van der Waals surface area contributed by atoms with Crippen LogP contribution in [0.4, 0.5) is 0 Å². The summed E-state index contributed by atoms with van der Waals surface area (Å²) >= 11 is 6.15. The first kappa shape index (κ1) is 14.1. The Bertz CT molecular complexity index is 764. The molecule has 0 radical (unpaired) electrons. The number of halogens is 1. The van der Waals surface area contributed by atoms with Gasteiger partial charge in [0.1, 0.15) is 0 Å². The molecule has 0 saturated heterocycles. The Labute approximate surface area is 130 Å². The molecule has 0 spiro atoms. The molecule has 0 amide bonds. The van der Waals surface area contributed by atoms with Crippen molar-refractivity contribution in [2.75, 3.05) is 0 Å². The molecular formula is C19H18ClN. The molecule has 0 bridgehead atoms. The number of pyridine rings is 1. The molecule has 0 atom stereocenters. The standard InChI is InChI=1S/C19H18ClN/c1-2-3-6-14-11-16-8-5-10-21-19(16)18(12-14)15-7-4-9-17(20)13-15/h4-5,7-13H,2-3,6H2,1H3. The van der Waals surface area contributed by atoms with Gasteiger partial charge in [-0.05, 0) is 54.3 Å². The zero-order valence-corrected chi connectivity index (χ0v) is 12.9. The molecule has 3 aromatic rings. The lowest BCUT2D eigenvalue weighted by Gasteiger charge is -2.10. The number of unbranched alkanes of at least 4 members (excludes halogenated alkanes) is 1. The number of fused-ring (bicyclic) bond motifs is 1. The lowest BCUT2D eigenvalue weighted by molar-refractivity contribution is 0.796. The fourth-order valence-electron chi connectivity index (χ4n) is 2.66. The monoisotopic (exact) mass is 295 g/mol. The Kier molecular flexibility index (Phi) is 4.21. The maximum absolute atomic E-state index is 6.15. The third-order valence-corrected chi connectivity index (χ3v) is 3.95. The second kappa shape index (κ2) is 6.28. The van der Waals surface area contributed by atoms with Crippen molar-refractivity contribution in [3.05, 3.63) is 65.3 Å². The summed E-state index contributed by atoms with van der Waals surface area (Å²) in [5.41, 5.74) is 4.71. The predicted octanol–water partition coefficient (Wildman–Crippen LogP) is 5.90. The van der Waals surface area contributed by atoms with Gasteiger partial charge in [0.15, 0.2) is 0 Å². The molecule has 1 heterocycles. The average Bonchev–Trinajstić information content (AvgIpc) is 2.52. The van der Waals surface area contributed by atoms with Crippen molar-refractivity contribution < 1.29 is 0 Å². The summed E-state index contributed by atoms with van der Waals surface area (Å²) in [6, 6.07) is 16.6. The molecule has 0 unspecified atom stereocenters. The third-order valence-electron chi connectivity index (χ3n) is 3.72. The third kappa shape index (κ3) is 3.08. The van der Waals surface area contributed by atoms with E-state index < -0.39 is 0 Å². The Morgan fingerprint density at radius 1 is 1.05 bits per heavy atom. The van der Waals surface area contributed by atoms with Crippen molar-refractivity contribution in [3.63, 3.8) is 0 Å². The van der Waals surface area contributed by atoms with Gasteiger partial charge >= 0.3 is 0 Å². The minimum atomic E-state index is 0.760. The highest BCUT2D eigenvalue weighted by molar-refractivity contribution is 6.30. The van der Waals surface area contributed by atoms with Crippen molar-refractivity contribution in [2.24, 2.45) is 0 Å². The van der Waals surface area contributed by atoms with Gasteiger partial charge in [-0.1, -0.05) is 43.1 Å². The van der Waals surface area contributed by atoms with E-state index in [1.807, 2.05) is 30.5 Å². The van der Waals surface area contributed by atoms with E-state index in [1.54, 1.807) is 0 Å². The largest absolute Gasteiger partial charge is 0.256 e. The lowest BCUT2D eigenvalue weighted by atomic mass is 9.97. The zero-order valence-electron chi connectivity index (χ0n) is 12.1. The summed E-state index contributed by atoms with van der Waals surface area (Å²) in [5.74, 6) is 0. The van der Waals surface area contributed by atoms with Crippen LogP contribution in [-0.2, 0) is 6.42 Å². The first-order valence-electron chi connectivity index (χ1n) is 7.41. The number of aryl methyl sites for hydroxylation is 1. The van der Waals surface area contributed by atoms with Crippen LogP contribution in [0.1, 0.15) is 25.3 Å². The summed E-state index contributed by atoms with van der Waals surface area (Å²) in [6.45, 7) is 2.22. The van der Waals surface area contributed by atoms with Crippen molar-refractivity contribution >= 4 is 22.5 Å². The van der Waals surface area contributed by atoms with Gasteiger partial charge in [0.05, 0.1) is 5.52 Å². The van der Waals surface area contributed by atoms with E-state index in [-0.39, 0.29) is 0 Å². The summed E-state index contributed by atoms with van der Waals surface area (Å²) in [6.07, 6.45) is 5.37. The van der Waals surface area contributed by atoms with Crippen molar-refractivity contribution in [3.8, 4) is 11.1 Å². The highest BCUT2D eigenvalue weighted by atomic mass is 35.5. The molecule has 3 rings (SSSR count). The lowest BCUT2D eigenvalue weighted by Crippen LogP contribution is -1.91. The molecule has 106 valence electrons. The minimum Gasteiger partial charge on any atom is -0.256 e. The van der Waals surface area contributed by atoms with Gasteiger partial charge < -0.3 is 0 Å². The van der Waals surface area contributed by atoms with E-state index >= 15 is 0 Å². The SMILES string of the molecule is CCCCc1cc(-c2cccc(Cl)c2)c2ncccc2c1. The quantitative estimate of drug-likeness (QED) is 0.584. The maximum Gasteiger partial charge on any atom is 0.0780 e. The van der Waals surface area contributed by atoms with Crippen molar-refractivity contribution in [1.29, 1.82) is 0 Å². The van der Waals surface area contributed by atoms with Crippen LogP contribution >= 0.6 is 11.6 Å². The van der Waals surface area contributed by atoms with E-state index in [2.05, 4.69) is 36.2 Å². The molecule has 21 heavy (non-hydrogen) atoms. The highest BCUT2D eigenvalue weighted by Crippen LogP contribution is 2.30. The Morgan fingerprint density at radius 2 is 1.95 bits per heavy atom. The minimum absolute atomic E-state index is 0.760. The topological polar surface area (TPSA) is 12.9 Å². The smallest absolute Gasteiger partial charge is 0.0780 e. The van der Waals surface area contributed by atoms with Gasteiger partial charge in [0, 0.05) is 22.2 Å². The van der Waals surface area contributed by atoms with Gasteiger partial charge in [0.25, 0.3) is 0 Å². The molecule has 0 aliphatic rings. The Hall–Kier alpha value is -1.86. The van der Waals surface area contributed by atoms with Crippen molar-refractivity contribution in [1.82, 2.24) is 4.98 Å². The van der Waals surface area contributed by atoms with Crippen LogP contribution in [0.5, 0.6) is 0 Å². The van der Waals surface area contributed by atoms with Gasteiger partial charge in [-0.25, -0.2) is 0 Å². The van der Waals surface area contributed by atoms with E-state index in [1.165, 1.54) is 29.4 Å². The molecule has 0 fully saturated rings. The van der Waals surface area contributed by atoms with Gasteiger partial charge in [-0.15, -0.1) is 0 Å². The van der Waals surface area contributed by atoms with Crippen LogP contribution in [0.2, 0.25) is 5.02 Å². The van der Waals surface area contributed by atoms with Crippen LogP contribution in [0, 0.1) is 0 Å². The fourth-order valence-corrected chi connectivity index (χ4v) is 2.85. The highest BCUT2D eigenvalue weighted by Gasteiger charge is 2.08. The summed E-state index contributed by atoms with van der Waals surface area (Å²) in [5, 5.41) is 1.96. The summed E-state index contributed by atoms with van der Waals surface area (Å²) in [7, 11) is 0. The van der Waals surface area contributed by atoms with Crippen LogP contribution in [-0.4, -0.2) is 4.98 Å². The number of nitrogens with zero attached hydrogens (tertiary/aromatic N) is 1. The first-order chi connectivity index (χ1) is 10.3. The number of hydrogen-bond acceptors (Lipinski definition) is 1. The fraction of sp³-hybridized carbons (Fsp3) is 0.211. The van der Waals surface area contributed by atoms with Crippen LogP contribution in [0.3, 0.4) is 0 Å².